The molecule has 0 spiro atoms. The van der Waals surface area contributed by atoms with E-state index in [-0.39, 0.29) is 31.1 Å². The molecule has 1 atom stereocenters. The van der Waals surface area contributed by atoms with E-state index in [2.05, 4.69) is 32.9 Å². The summed E-state index contributed by atoms with van der Waals surface area (Å²) in [4.78, 5) is 37.8. The van der Waals surface area contributed by atoms with E-state index in [1.165, 1.54) is 250 Å². The van der Waals surface area contributed by atoms with Crippen LogP contribution in [0, 0.1) is 0 Å². The second kappa shape index (κ2) is 59.7. The van der Waals surface area contributed by atoms with E-state index in [1.54, 1.807) is 0 Å². The molecule has 1 unspecified atom stereocenters. The fourth-order valence-corrected chi connectivity index (χ4v) is 9.74. The topological polar surface area (TPSA) is 78.9 Å². The number of ether oxygens (including phenoxy) is 3. The average Bonchev–Trinajstić information content (AvgIpc) is 3.36. The first-order valence-electron chi connectivity index (χ1n) is 31.7. The van der Waals surface area contributed by atoms with Gasteiger partial charge in [-0.15, -0.1) is 0 Å². The van der Waals surface area contributed by atoms with E-state index in [9.17, 15) is 14.4 Å². The second-order valence-corrected chi connectivity index (χ2v) is 21.7. The zero-order valence-corrected chi connectivity index (χ0v) is 47.6. The van der Waals surface area contributed by atoms with Gasteiger partial charge < -0.3 is 14.2 Å². The van der Waals surface area contributed by atoms with Crippen LogP contribution >= 0.6 is 0 Å². The summed E-state index contributed by atoms with van der Waals surface area (Å²) in [5.74, 6) is -0.872. The molecule has 0 saturated heterocycles. The number of esters is 3. The Balaban J connectivity index is 3.83. The highest BCUT2D eigenvalue weighted by Gasteiger charge is 2.19. The van der Waals surface area contributed by atoms with Gasteiger partial charge >= 0.3 is 17.9 Å². The van der Waals surface area contributed by atoms with Crippen molar-refractivity contribution in [3.05, 3.63) is 12.2 Å². The largest absolute Gasteiger partial charge is 0.462 e. The SMILES string of the molecule is CCCCCCC/C=C\CCCCCCCC(=O)OC(COC(=O)CCCCCCC)COC(=O)CCCCCCCCCCCCCCCCCCCCCCCCCCCCCCCCCCC. The Labute approximate surface area is 437 Å². The molecule has 0 rings (SSSR count). The smallest absolute Gasteiger partial charge is 0.306 e. The van der Waals surface area contributed by atoms with Crippen LogP contribution in [0.3, 0.4) is 0 Å². The highest BCUT2D eigenvalue weighted by atomic mass is 16.6. The Morgan fingerprint density at radius 1 is 0.271 bits per heavy atom. The molecule has 0 N–H and O–H groups in total. The second-order valence-electron chi connectivity index (χ2n) is 21.7. The molecule has 0 bridgehead atoms. The highest BCUT2D eigenvalue weighted by Crippen LogP contribution is 2.18. The number of hydrogen-bond donors (Lipinski definition) is 0. The third-order valence-corrected chi connectivity index (χ3v) is 14.5. The van der Waals surface area contributed by atoms with Gasteiger partial charge in [-0.25, -0.2) is 0 Å². The minimum absolute atomic E-state index is 0.0692. The van der Waals surface area contributed by atoms with Gasteiger partial charge in [0.2, 0.25) is 0 Å². The fourth-order valence-electron chi connectivity index (χ4n) is 9.74. The maximum atomic E-state index is 12.7. The maximum absolute atomic E-state index is 12.7. The molecule has 0 saturated carbocycles. The molecule has 0 aliphatic carbocycles. The molecule has 0 amide bonds. The Hall–Kier alpha value is -1.85. The molecule has 0 aliphatic rings. The van der Waals surface area contributed by atoms with Crippen LogP contribution in [0.2, 0.25) is 0 Å². The fraction of sp³-hybridized carbons (Fsp3) is 0.922. The van der Waals surface area contributed by atoms with E-state index in [1.807, 2.05) is 0 Å². The molecule has 0 aromatic rings. The van der Waals surface area contributed by atoms with Gasteiger partial charge in [0.15, 0.2) is 6.10 Å². The van der Waals surface area contributed by atoms with Gasteiger partial charge in [-0.1, -0.05) is 309 Å². The van der Waals surface area contributed by atoms with Crippen molar-refractivity contribution < 1.29 is 28.6 Å². The van der Waals surface area contributed by atoms with Crippen LogP contribution in [-0.2, 0) is 28.6 Å². The van der Waals surface area contributed by atoms with Crippen molar-refractivity contribution in [3.8, 4) is 0 Å². The van der Waals surface area contributed by atoms with Gasteiger partial charge in [0.1, 0.15) is 13.2 Å². The number of rotatable bonds is 59. The molecular weight excluding hydrogens is 865 g/mol. The normalized spacial score (nSPS) is 12.0. The first-order valence-corrected chi connectivity index (χ1v) is 31.7. The lowest BCUT2D eigenvalue weighted by molar-refractivity contribution is -0.167. The monoisotopic (exact) mass is 987 g/mol. The lowest BCUT2D eigenvalue weighted by Gasteiger charge is -2.18. The standard InChI is InChI=1S/C64H122O6/c1-4-7-10-13-15-17-19-21-23-24-25-26-27-28-29-30-31-32-33-34-35-36-37-38-39-40-41-43-44-46-48-51-54-57-63(66)69-60-61(59-68-62(65)56-53-50-12-9-6-3)70-64(67)58-55-52-49-47-45-42-22-20-18-16-14-11-8-5-2/h20,22,61H,4-19,21,23-60H2,1-3H3/b22-20-. The summed E-state index contributed by atoms with van der Waals surface area (Å²) in [6, 6.07) is 0. The lowest BCUT2D eigenvalue weighted by atomic mass is 10.0. The molecule has 6 nitrogen and oxygen atoms in total. The van der Waals surface area contributed by atoms with E-state index in [0.717, 1.165) is 70.6 Å². The summed E-state index contributed by atoms with van der Waals surface area (Å²) in [5, 5.41) is 0. The zero-order valence-electron chi connectivity index (χ0n) is 47.6. The van der Waals surface area contributed by atoms with Crippen molar-refractivity contribution in [2.75, 3.05) is 13.2 Å². The van der Waals surface area contributed by atoms with Crippen molar-refractivity contribution in [3.63, 3.8) is 0 Å². The van der Waals surface area contributed by atoms with Crippen LogP contribution in [0.4, 0.5) is 0 Å². The van der Waals surface area contributed by atoms with Crippen LogP contribution in [-0.4, -0.2) is 37.2 Å². The number of carbonyl (C=O) groups is 3. The first kappa shape index (κ1) is 68.2. The summed E-state index contributed by atoms with van der Waals surface area (Å²) in [5.41, 5.74) is 0. The van der Waals surface area contributed by atoms with Crippen molar-refractivity contribution in [1.82, 2.24) is 0 Å². The lowest BCUT2D eigenvalue weighted by Crippen LogP contribution is -2.30. The van der Waals surface area contributed by atoms with Gasteiger partial charge in [0, 0.05) is 19.3 Å². The molecule has 0 heterocycles. The Morgan fingerprint density at radius 3 is 0.714 bits per heavy atom. The molecule has 0 radical (unpaired) electrons. The molecule has 414 valence electrons. The number of hydrogen-bond acceptors (Lipinski definition) is 6. The van der Waals surface area contributed by atoms with Crippen molar-refractivity contribution in [2.24, 2.45) is 0 Å². The van der Waals surface area contributed by atoms with Crippen LogP contribution in [0.1, 0.15) is 361 Å². The molecule has 70 heavy (non-hydrogen) atoms. The zero-order chi connectivity index (χ0) is 50.7. The molecule has 0 fully saturated rings. The summed E-state index contributed by atoms with van der Waals surface area (Å²) < 4.78 is 16.7. The number of allylic oxidation sites excluding steroid dienone is 2. The summed E-state index contributed by atoms with van der Waals surface area (Å²) in [7, 11) is 0. The van der Waals surface area contributed by atoms with Gasteiger partial charge in [0.05, 0.1) is 0 Å². The number of unbranched alkanes of at least 4 members (excludes halogenated alkanes) is 46. The quantitative estimate of drug-likeness (QED) is 0.0261. The Morgan fingerprint density at radius 2 is 0.471 bits per heavy atom. The van der Waals surface area contributed by atoms with Crippen LogP contribution < -0.4 is 0 Å². The van der Waals surface area contributed by atoms with Crippen molar-refractivity contribution in [2.45, 2.75) is 367 Å². The van der Waals surface area contributed by atoms with Gasteiger partial charge in [-0.3, -0.25) is 14.4 Å². The molecule has 0 aromatic heterocycles. The first-order chi connectivity index (χ1) is 34.5. The predicted octanol–water partition coefficient (Wildman–Crippen LogP) is 21.3. The summed E-state index contributed by atoms with van der Waals surface area (Å²) in [6.07, 6.45) is 70.1. The molecule has 6 heteroatoms. The van der Waals surface area contributed by atoms with E-state index in [0.29, 0.717) is 19.3 Å². The van der Waals surface area contributed by atoms with E-state index >= 15 is 0 Å². The van der Waals surface area contributed by atoms with Crippen LogP contribution in [0.5, 0.6) is 0 Å². The van der Waals surface area contributed by atoms with Gasteiger partial charge in [-0.05, 0) is 44.9 Å². The minimum atomic E-state index is -0.767. The molecular formula is C64H122O6. The number of carbonyl (C=O) groups excluding carboxylic acids is 3. The van der Waals surface area contributed by atoms with E-state index in [4.69, 9.17) is 14.2 Å². The Bertz CT molecular complexity index is 1090. The third kappa shape index (κ3) is 57.1. The van der Waals surface area contributed by atoms with Crippen LogP contribution in [0.15, 0.2) is 12.2 Å². The minimum Gasteiger partial charge on any atom is -0.462 e. The van der Waals surface area contributed by atoms with Crippen molar-refractivity contribution >= 4 is 17.9 Å². The molecule has 0 aliphatic heterocycles. The highest BCUT2D eigenvalue weighted by molar-refractivity contribution is 5.71. The summed E-state index contributed by atoms with van der Waals surface area (Å²) >= 11 is 0. The maximum Gasteiger partial charge on any atom is 0.306 e. The Kier molecular flexibility index (Phi) is 58.1. The molecule has 0 aromatic carbocycles. The third-order valence-electron chi connectivity index (χ3n) is 14.5. The average molecular weight is 988 g/mol. The predicted molar refractivity (Wildman–Crippen MR) is 303 cm³/mol. The van der Waals surface area contributed by atoms with E-state index < -0.39 is 6.10 Å². The van der Waals surface area contributed by atoms with Gasteiger partial charge in [0.25, 0.3) is 0 Å². The van der Waals surface area contributed by atoms with Crippen LogP contribution in [0.25, 0.3) is 0 Å². The van der Waals surface area contributed by atoms with Gasteiger partial charge in [-0.2, -0.15) is 0 Å². The van der Waals surface area contributed by atoms with Crippen molar-refractivity contribution in [1.29, 1.82) is 0 Å². The summed E-state index contributed by atoms with van der Waals surface area (Å²) in [6.45, 7) is 6.59.